The zero-order valence-electron chi connectivity index (χ0n) is 14.3. The van der Waals surface area contributed by atoms with E-state index in [1.165, 1.54) is 0 Å². The number of ether oxygens (including phenoxy) is 1. The van der Waals surface area contributed by atoms with Crippen molar-refractivity contribution < 1.29 is 23.1 Å². The van der Waals surface area contributed by atoms with Gasteiger partial charge in [-0.3, -0.25) is 0 Å². The van der Waals surface area contributed by atoms with Gasteiger partial charge in [0, 0.05) is 11.8 Å². The number of hydrogen-bond acceptors (Lipinski definition) is 7. The van der Waals surface area contributed by atoms with Crippen LogP contribution in [0, 0.1) is 0 Å². The van der Waals surface area contributed by atoms with Crippen LogP contribution in [0.3, 0.4) is 0 Å². The van der Waals surface area contributed by atoms with Crippen molar-refractivity contribution in [2.24, 2.45) is 0 Å². The second-order valence-corrected chi connectivity index (χ2v) is 9.01. The molecule has 0 aliphatic carbocycles. The SMILES string of the molecule is CC(C)c1cc2nc(OC(=O)O)sc2nc1-c1ccc(S(C)(=O)=O)cc1. The number of nitrogens with zero attached hydrogens (tertiary/aromatic N) is 2. The minimum absolute atomic E-state index is 0.0132. The van der Waals surface area contributed by atoms with Crippen molar-refractivity contribution in [1.82, 2.24) is 9.97 Å². The Morgan fingerprint density at radius 1 is 1.19 bits per heavy atom. The van der Waals surface area contributed by atoms with E-state index in [4.69, 9.17) is 5.11 Å². The molecule has 0 amide bonds. The summed E-state index contributed by atoms with van der Waals surface area (Å²) >= 11 is 1.04. The van der Waals surface area contributed by atoms with E-state index in [0.29, 0.717) is 16.0 Å². The lowest BCUT2D eigenvalue weighted by molar-refractivity contribution is 0.144. The smallest absolute Gasteiger partial charge is 0.449 e. The molecule has 0 saturated heterocycles. The van der Waals surface area contributed by atoms with Crippen LogP contribution in [0.1, 0.15) is 25.3 Å². The van der Waals surface area contributed by atoms with Crippen molar-refractivity contribution in [3.63, 3.8) is 0 Å². The molecule has 0 fully saturated rings. The molecular formula is C17H16N2O5S2. The van der Waals surface area contributed by atoms with Gasteiger partial charge in [0.15, 0.2) is 9.84 Å². The summed E-state index contributed by atoms with van der Waals surface area (Å²) in [5.41, 5.74) is 2.97. The molecule has 2 heterocycles. The molecule has 7 nitrogen and oxygen atoms in total. The molecule has 1 aromatic carbocycles. The quantitative estimate of drug-likeness (QED) is 0.670. The summed E-state index contributed by atoms with van der Waals surface area (Å²) in [5, 5.41) is 8.75. The number of aromatic nitrogens is 2. The second kappa shape index (κ2) is 6.65. The van der Waals surface area contributed by atoms with Crippen LogP contribution in [0.5, 0.6) is 5.19 Å². The van der Waals surface area contributed by atoms with E-state index in [1.807, 2.05) is 19.9 Å². The molecule has 9 heteroatoms. The van der Waals surface area contributed by atoms with Gasteiger partial charge in [-0.1, -0.05) is 37.3 Å². The third-order valence-corrected chi connectivity index (χ3v) is 5.72. The summed E-state index contributed by atoms with van der Waals surface area (Å²) in [6.07, 6.45) is -0.266. The fourth-order valence-corrected chi connectivity index (χ4v) is 3.91. The van der Waals surface area contributed by atoms with E-state index >= 15 is 0 Å². The maximum atomic E-state index is 11.6. The summed E-state index contributed by atoms with van der Waals surface area (Å²) in [7, 11) is -3.27. The van der Waals surface area contributed by atoms with Crippen LogP contribution < -0.4 is 4.74 Å². The van der Waals surface area contributed by atoms with Crippen LogP contribution in [-0.4, -0.2) is 35.9 Å². The normalized spacial score (nSPS) is 11.8. The van der Waals surface area contributed by atoms with E-state index in [-0.39, 0.29) is 16.0 Å². The Hall–Kier alpha value is -2.52. The van der Waals surface area contributed by atoms with Crippen LogP contribution >= 0.6 is 11.3 Å². The zero-order valence-corrected chi connectivity index (χ0v) is 15.9. The van der Waals surface area contributed by atoms with Gasteiger partial charge in [-0.25, -0.2) is 23.2 Å². The number of pyridine rings is 1. The molecule has 0 saturated carbocycles. The number of thiazole rings is 1. The summed E-state index contributed by atoms with van der Waals surface area (Å²) in [6, 6.07) is 8.38. The third kappa shape index (κ3) is 3.68. The van der Waals surface area contributed by atoms with Gasteiger partial charge in [0.2, 0.25) is 0 Å². The highest BCUT2D eigenvalue weighted by Crippen LogP contribution is 2.34. The standard InChI is InChI=1S/C17H16N2O5S2/c1-9(2)12-8-13-15(25-16(18-13)24-17(20)21)19-14(12)10-4-6-11(7-5-10)26(3,22)23/h4-9H,1-3H3,(H,20,21). The van der Waals surface area contributed by atoms with Crippen molar-refractivity contribution in [1.29, 1.82) is 0 Å². The number of carboxylic acid groups (broad SMARTS) is 1. The van der Waals surface area contributed by atoms with Gasteiger partial charge in [-0.05, 0) is 29.7 Å². The number of rotatable bonds is 4. The number of benzene rings is 1. The summed E-state index contributed by atoms with van der Waals surface area (Å²) < 4.78 is 27.9. The van der Waals surface area contributed by atoms with Crippen LogP contribution in [0.4, 0.5) is 4.79 Å². The first-order chi connectivity index (χ1) is 12.1. The topological polar surface area (TPSA) is 106 Å². The van der Waals surface area contributed by atoms with Gasteiger partial charge < -0.3 is 9.84 Å². The summed E-state index contributed by atoms with van der Waals surface area (Å²) in [4.78, 5) is 20.3. The summed E-state index contributed by atoms with van der Waals surface area (Å²) in [5.74, 6) is 0.141. The van der Waals surface area contributed by atoms with Crippen LogP contribution in [0.15, 0.2) is 35.2 Å². The first-order valence-corrected chi connectivity index (χ1v) is 10.4. The van der Waals surface area contributed by atoms with Crippen molar-refractivity contribution >= 4 is 37.7 Å². The Kier molecular flexibility index (Phi) is 4.68. The van der Waals surface area contributed by atoms with Crippen LogP contribution in [-0.2, 0) is 9.84 Å². The van der Waals surface area contributed by atoms with Gasteiger partial charge in [0.25, 0.3) is 5.19 Å². The molecule has 0 aliphatic rings. The molecule has 3 rings (SSSR count). The lowest BCUT2D eigenvalue weighted by Gasteiger charge is -2.12. The predicted octanol–water partition coefficient (Wildman–Crippen LogP) is 3.94. The Labute approximate surface area is 154 Å². The molecule has 0 atom stereocenters. The number of fused-ring (bicyclic) bond motifs is 1. The van der Waals surface area contributed by atoms with Gasteiger partial charge in [-0.15, -0.1) is 0 Å². The van der Waals surface area contributed by atoms with Gasteiger partial charge in [-0.2, -0.15) is 0 Å². The first-order valence-electron chi connectivity index (χ1n) is 7.68. The molecule has 0 spiro atoms. The molecule has 0 bridgehead atoms. The lowest BCUT2D eigenvalue weighted by Crippen LogP contribution is -2.02. The van der Waals surface area contributed by atoms with Crippen molar-refractivity contribution in [3.05, 3.63) is 35.9 Å². The predicted molar refractivity (Wildman–Crippen MR) is 98.7 cm³/mol. The Morgan fingerprint density at radius 2 is 1.85 bits per heavy atom. The Balaban J connectivity index is 2.14. The fourth-order valence-electron chi connectivity index (χ4n) is 2.51. The van der Waals surface area contributed by atoms with Crippen LogP contribution in [0.2, 0.25) is 0 Å². The van der Waals surface area contributed by atoms with Crippen molar-refractivity contribution in [3.8, 4) is 16.5 Å². The highest BCUT2D eigenvalue weighted by atomic mass is 32.2. The largest absolute Gasteiger partial charge is 0.513 e. The van der Waals surface area contributed by atoms with E-state index in [9.17, 15) is 13.2 Å². The average Bonchev–Trinajstić information content (AvgIpc) is 2.93. The molecule has 136 valence electrons. The van der Waals surface area contributed by atoms with Gasteiger partial charge in [0.1, 0.15) is 10.3 Å². The molecule has 1 N–H and O–H groups in total. The molecule has 3 aromatic rings. The van der Waals surface area contributed by atoms with E-state index in [0.717, 1.165) is 28.7 Å². The molecule has 26 heavy (non-hydrogen) atoms. The maximum Gasteiger partial charge on any atom is 0.513 e. The lowest BCUT2D eigenvalue weighted by atomic mass is 9.97. The third-order valence-electron chi connectivity index (χ3n) is 3.75. The van der Waals surface area contributed by atoms with E-state index in [2.05, 4.69) is 14.7 Å². The summed E-state index contributed by atoms with van der Waals surface area (Å²) in [6.45, 7) is 4.02. The van der Waals surface area contributed by atoms with Gasteiger partial charge in [0.05, 0.1) is 10.6 Å². The Bertz CT molecular complexity index is 1090. The monoisotopic (exact) mass is 392 g/mol. The van der Waals surface area contributed by atoms with E-state index < -0.39 is 16.0 Å². The highest BCUT2D eigenvalue weighted by molar-refractivity contribution is 7.90. The van der Waals surface area contributed by atoms with E-state index in [1.54, 1.807) is 24.3 Å². The Morgan fingerprint density at radius 3 is 2.38 bits per heavy atom. The first kappa shape index (κ1) is 18.3. The molecule has 0 unspecified atom stereocenters. The molecule has 0 radical (unpaired) electrons. The molecular weight excluding hydrogens is 376 g/mol. The minimum Gasteiger partial charge on any atom is -0.449 e. The highest BCUT2D eigenvalue weighted by Gasteiger charge is 2.17. The number of hydrogen-bond donors (Lipinski definition) is 1. The zero-order chi connectivity index (χ0) is 19.1. The van der Waals surface area contributed by atoms with Gasteiger partial charge >= 0.3 is 6.16 Å². The second-order valence-electron chi connectivity index (χ2n) is 6.05. The maximum absolute atomic E-state index is 11.6. The van der Waals surface area contributed by atoms with Crippen LogP contribution in [0.25, 0.3) is 21.6 Å². The number of sulfone groups is 1. The number of carbonyl (C=O) groups is 1. The molecule has 2 aromatic heterocycles. The minimum atomic E-state index is -3.27. The van der Waals surface area contributed by atoms with Crippen molar-refractivity contribution in [2.75, 3.05) is 6.26 Å². The average molecular weight is 392 g/mol. The van der Waals surface area contributed by atoms with Crippen molar-refractivity contribution in [2.45, 2.75) is 24.7 Å². The molecule has 0 aliphatic heterocycles. The fraction of sp³-hybridized carbons (Fsp3) is 0.235.